The minimum atomic E-state index is -0.230. The zero-order valence-corrected chi connectivity index (χ0v) is 17.7. The molecule has 1 aliphatic carbocycles. The topological polar surface area (TPSA) is 50.4 Å². The molecule has 4 nitrogen and oxygen atoms in total. The molecule has 3 rings (SSSR count). The summed E-state index contributed by atoms with van der Waals surface area (Å²) >= 11 is 6.17. The number of hydrogen-bond acceptors (Lipinski definition) is 2. The Morgan fingerprint density at radius 1 is 1.11 bits per heavy atom. The number of nitrogens with one attached hydrogen (secondary N) is 2. The maximum atomic E-state index is 12.3. The molecule has 150 valence electrons. The van der Waals surface area contributed by atoms with E-state index < -0.39 is 0 Å². The van der Waals surface area contributed by atoms with Gasteiger partial charge in [-0.2, -0.15) is 0 Å². The van der Waals surface area contributed by atoms with E-state index in [9.17, 15) is 4.79 Å². The predicted molar refractivity (Wildman–Crippen MR) is 114 cm³/mol. The van der Waals surface area contributed by atoms with E-state index >= 15 is 0 Å². The summed E-state index contributed by atoms with van der Waals surface area (Å²) in [5.41, 5.74) is 5.97. The number of urea groups is 1. The van der Waals surface area contributed by atoms with E-state index in [1.165, 1.54) is 36.0 Å². The highest BCUT2D eigenvalue weighted by Gasteiger charge is 2.16. The first-order chi connectivity index (χ1) is 13.5. The van der Waals surface area contributed by atoms with Gasteiger partial charge in [-0.05, 0) is 85.9 Å². The molecule has 2 aromatic carbocycles. The molecule has 0 saturated carbocycles. The normalized spacial score (nSPS) is 14.1. The largest absolute Gasteiger partial charge is 0.473 e. The molecule has 0 radical (unpaired) electrons. The van der Waals surface area contributed by atoms with Crippen LogP contribution in [0.2, 0.25) is 5.02 Å². The number of carbonyl (C=O) groups is 1. The van der Waals surface area contributed by atoms with Crippen molar-refractivity contribution >= 4 is 17.6 Å². The fourth-order valence-corrected chi connectivity index (χ4v) is 3.88. The standard InChI is InChI=1S/C23H29ClN2O2/c1-4-21(19-10-9-17-7-5-6-8-18(17)13-19)26-23(27)25-14-28-20-11-15(2)22(24)16(3)12-20/h9-13,21H,4-8,14H2,1-3H3,(H2,25,26,27). The Kier molecular flexibility index (Phi) is 6.84. The van der Waals surface area contributed by atoms with Crippen molar-refractivity contribution in [1.29, 1.82) is 0 Å². The van der Waals surface area contributed by atoms with Crippen molar-refractivity contribution < 1.29 is 9.53 Å². The number of carbonyl (C=O) groups excluding carboxylic acids is 1. The van der Waals surface area contributed by atoms with Gasteiger partial charge in [0.05, 0.1) is 6.04 Å². The van der Waals surface area contributed by atoms with Crippen LogP contribution in [0.5, 0.6) is 5.75 Å². The number of amides is 2. The number of halogens is 1. The molecule has 0 fully saturated rings. The number of hydrogen-bond donors (Lipinski definition) is 2. The quantitative estimate of drug-likeness (QED) is 0.618. The molecule has 0 aromatic heterocycles. The molecule has 1 unspecified atom stereocenters. The molecular weight excluding hydrogens is 372 g/mol. The fraction of sp³-hybridized carbons (Fsp3) is 0.435. The van der Waals surface area contributed by atoms with Crippen LogP contribution in [-0.2, 0) is 12.8 Å². The first-order valence-corrected chi connectivity index (χ1v) is 10.4. The zero-order chi connectivity index (χ0) is 20.1. The van der Waals surface area contributed by atoms with Crippen LogP contribution in [0.1, 0.15) is 60.0 Å². The first-order valence-electron chi connectivity index (χ1n) is 10.0. The number of benzene rings is 2. The predicted octanol–water partition coefficient (Wildman–Crippen LogP) is 5.62. The summed E-state index contributed by atoms with van der Waals surface area (Å²) in [7, 11) is 0. The van der Waals surface area contributed by atoms with E-state index in [1.54, 1.807) is 0 Å². The molecule has 0 spiro atoms. The molecule has 5 heteroatoms. The summed E-state index contributed by atoms with van der Waals surface area (Å²) in [5, 5.41) is 6.58. The molecule has 28 heavy (non-hydrogen) atoms. The van der Waals surface area contributed by atoms with Crippen LogP contribution in [0.15, 0.2) is 30.3 Å². The summed E-state index contributed by atoms with van der Waals surface area (Å²) in [4.78, 5) is 12.3. The first kappa shape index (κ1) is 20.5. The van der Waals surface area contributed by atoms with Crippen LogP contribution in [0.25, 0.3) is 0 Å². The van der Waals surface area contributed by atoms with Crippen molar-refractivity contribution in [3.8, 4) is 5.75 Å². The summed E-state index contributed by atoms with van der Waals surface area (Å²) in [6.07, 6.45) is 5.67. The van der Waals surface area contributed by atoms with Crippen molar-refractivity contribution in [1.82, 2.24) is 10.6 Å². The second-order valence-corrected chi connectivity index (χ2v) is 7.88. The zero-order valence-electron chi connectivity index (χ0n) is 16.9. The van der Waals surface area contributed by atoms with Crippen molar-refractivity contribution in [3.63, 3.8) is 0 Å². The van der Waals surface area contributed by atoms with Crippen molar-refractivity contribution in [2.75, 3.05) is 6.73 Å². The second kappa shape index (κ2) is 9.33. The SMILES string of the molecule is CCC(NC(=O)NCOc1cc(C)c(Cl)c(C)c1)c1ccc2c(c1)CCCC2. The Morgan fingerprint density at radius 2 is 1.79 bits per heavy atom. The molecule has 0 bridgehead atoms. The molecule has 1 atom stereocenters. The van der Waals surface area contributed by atoms with E-state index in [4.69, 9.17) is 16.3 Å². The highest BCUT2D eigenvalue weighted by atomic mass is 35.5. The third kappa shape index (κ3) is 4.99. The lowest BCUT2D eigenvalue weighted by molar-refractivity contribution is 0.220. The summed E-state index contributed by atoms with van der Waals surface area (Å²) < 4.78 is 5.66. The van der Waals surface area contributed by atoms with E-state index in [0.29, 0.717) is 5.75 Å². The van der Waals surface area contributed by atoms with Crippen LogP contribution >= 0.6 is 11.6 Å². The van der Waals surface area contributed by atoms with Crippen molar-refractivity contribution in [3.05, 3.63) is 63.2 Å². The van der Waals surface area contributed by atoms with Gasteiger partial charge in [0.15, 0.2) is 6.73 Å². The maximum Gasteiger partial charge on any atom is 0.317 e. The number of ether oxygens (including phenoxy) is 1. The molecule has 0 aliphatic heterocycles. The summed E-state index contributed by atoms with van der Waals surface area (Å²) in [6, 6.07) is 10.1. The summed E-state index contributed by atoms with van der Waals surface area (Å²) in [5.74, 6) is 0.696. The van der Waals surface area contributed by atoms with Gasteiger partial charge in [-0.3, -0.25) is 0 Å². The van der Waals surface area contributed by atoms with Crippen LogP contribution in [0.3, 0.4) is 0 Å². The van der Waals surface area contributed by atoms with E-state index in [1.807, 2.05) is 26.0 Å². The van der Waals surface area contributed by atoms with Crippen LogP contribution in [0, 0.1) is 13.8 Å². The summed E-state index contributed by atoms with van der Waals surface area (Å²) in [6.45, 7) is 6.06. The molecule has 1 aliphatic rings. The van der Waals surface area contributed by atoms with Crippen LogP contribution < -0.4 is 15.4 Å². The van der Waals surface area contributed by atoms with Gasteiger partial charge in [-0.1, -0.05) is 36.7 Å². The Labute approximate surface area is 172 Å². The third-order valence-corrected chi connectivity index (χ3v) is 5.97. The maximum absolute atomic E-state index is 12.3. The van der Waals surface area contributed by atoms with E-state index in [-0.39, 0.29) is 18.8 Å². The number of aryl methyl sites for hydroxylation is 4. The Balaban J connectivity index is 1.54. The van der Waals surface area contributed by atoms with Gasteiger partial charge >= 0.3 is 6.03 Å². The van der Waals surface area contributed by atoms with Gasteiger partial charge in [-0.25, -0.2) is 4.79 Å². The number of rotatable bonds is 6. The van der Waals surface area contributed by atoms with Gasteiger partial charge in [0.1, 0.15) is 5.75 Å². The van der Waals surface area contributed by atoms with Gasteiger partial charge in [0.25, 0.3) is 0 Å². The van der Waals surface area contributed by atoms with Gasteiger partial charge in [-0.15, -0.1) is 0 Å². The molecule has 0 saturated heterocycles. The lowest BCUT2D eigenvalue weighted by atomic mass is 9.89. The monoisotopic (exact) mass is 400 g/mol. The molecular formula is C23H29ClN2O2. The lowest BCUT2D eigenvalue weighted by Gasteiger charge is -2.22. The fourth-order valence-electron chi connectivity index (χ4n) is 3.77. The third-order valence-electron chi connectivity index (χ3n) is 5.37. The average molecular weight is 401 g/mol. The van der Waals surface area contributed by atoms with Crippen LogP contribution in [0.4, 0.5) is 4.79 Å². The highest BCUT2D eigenvalue weighted by molar-refractivity contribution is 6.32. The van der Waals surface area contributed by atoms with Gasteiger partial charge in [0, 0.05) is 5.02 Å². The van der Waals surface area contributed by atoms with Crippen LogP contribution in [-0.4, -0.2) is 12.8 Å². The van der Waals surface area contributed by atoms with Crippen molar-refractivity contribution in [2.24, 2.45) is 0 Å². The second-order valence-electron chi connectivity index (χ2n) is 7.51. The van der Waals surface area contributed by atoms with Crippen molar-refractivity contribution in [2.45, 2.75) is 58.9 Å². The smallest absolute Gasteiger partial charge is 0.317 e. The number of fused-ring (bicyclic) bond motifs is 1. The highest BCUT2D eigenvalue weighted by Crippen LogP contribution is 2.27. The van der Waals surface area contributed by atoms with E-state index in [2.05, 4.69) is 35.8 Å². The average Bonchev–Trinajstić information content (AvgIpc) is 2.69. The van der Waals surface area contributed by atoms with E-state index in [0.717, 1.165) is 29.0 Å². The minimum Gasteiger partial charge on any atom is -0.473 e. The molecule has 2 N–H and O–H groups in total. The molecule has 2 aromatic rings. The Hall–Kier alpha value is -2.20. The lowest BCUT2D eigenvalue weighted by Crippen LogP contribution is -2.39. The van der Waals surface area contributed by atoms with Gasteiger partial charge < -0.3 is 15.4 Å². The molecule has 2 amide bonds. The molecule has 0 heterocycles. The Morgan fingerprint density at radius 3 is 2.46 bits per heavy atom. The minimum absolute atomic E-state index is 0.00718. The van der Waals surface area contributed by atoms with Gasteiger partial charge in [0.2, 0.25) is 0 Å². The Bertz CT molecular complexity index is 827.